The second-order valence-electron chi connectivity index (χ2n) is 21.4. The maximum absolute atomic E-state index is 12.8. The number of nitrogens with zero attached hydrogens (tertiary/aromatic N) is 9. The van der Waals surface area contributed by atoms with Crippen molar-refractivity contribution in [2.24, 2.45) is 33.6 Å². The molecule has 0 radical (unpaired) electrons. The van der Waals surface area contributed by atoms with E-state index in [-0.39, 0.29) is 59.0 Å². The Morgan fingerprint density at radius 1 is 0.728 bits per heavy atom. The van der Waals surface area contributed by atoms with E-state index in [2.05, 4.69) is 33.4 Å². The number of aliphatic hydroxyl groups is 1. The standard InChI is InChI=1S/C22H29NO2.C19H22N2O2S.C11H12N2O.C9H8O4.C8H10N4O2.2ClH/c1-5-16-21(2,18-23(3)4)22(24,20-14-10-7-11-15-20)25-17-19-12-8-6-9-13-19;1-3-20(4-2)13-14-23-19(22)21-15-9-5-7-11-17(15)24-18-12-8-6-10-16(18)21;1-9-8-11(14)13(12(9)2)10-6-4-3-5-7-10;1-6(10)13-8-5-3-2-4-7(8)9(11)12;1-10-4-9-6-5(10)7(13)12(3)8(14)11(6)2;;/h5-16,24H,17-18H2,1-4H3;5-12H,3-4,13-14H2,1-2H3;3-8H,1-2H3;2-5H,1H3,(H,11,12);4H,1-3H3;2*1H/b16-5+;;;;;;. The lowest BCUT2D eigenvalue weighted by atomic mass is 9.76. The lowest BCUT2D eigenvalue weighted by molar-refractivity contribution is -0.276. The van der Waals surface area contributed by atoms with Gasteiger partial charge in [-0.1, -0.05) is 153 Å². The van der Waals surface area contributed by atoms with Gasteiger partial charge in [-0.05, 0) is 102 Å². The van der Waals surface area contributed by atoms with Crippen molar-refractivity contribution in [3.05, 3.63) is 242 Å². The van der Waals surface area contributed by atoms with Crippen molar-refractivity contribution in [2.45, 2.75) is 63.7 Å². The van der Waals surface area contributed by atoms with E-state index in [9.17, 15) is 33.9 Å². The van der Waals surface area contributed by atoms with Gasteiger partial charge in [0.05, 0.1) is 35.4 Å². The van der Waals surface area contributed by atoms with Gasteiger partial charge in [0.25, 0.3) is 11.1 Å². The van der Waals surface area contributed by atoms with Crippen molar-refractivity contribution in [2.75, 3.05) is 51.8 Å². The summed E-state index contributed by atoms with van der Waals surface area (Å²) >= 11 is 1.68. The number of hydrogen-bond acceptors (Lipinski definition) is 14. The van der Waals surface area contributed by atoms with Crippen LogP contribution in [0.2, 0.25) is 0 Å². The third-order valence-electron chi connectivity index (χ3n) is 14.6. The lowest BCUT2D eigenvalue weighted by Gasteiger charge is -2.44. The van der Waals surface area contributed by atoms with Crippen LogP contribution in [-0.4, -0.2) is 113 Å². The van der Waals surface area contributed by atoms with Crippen LogP contribution in [0.15, 0.2) is 213 Å². The fourth-order valence-corrected chi connectivity index (χ4v) is 11.0. The van der Waals surface area contributed by atoms with Crippen LogP contribution in [0.1, 0.15) is 61.8 Å². The number of ether oxygens (including phenoxy) is 3. The number of benzene rings is 6. The number of hydrogen-bond donors (Lipinski definition) is 2. The maximum Gasteiger partial charge on any atom is 0.419 e. The van der Waals surface area contributed by atoms with Gasteiger partial charge in [0.1, 0.15) is 17.9 Å². The fraction of sp³-hybridized carbons (Fsp3) is 0.290. The second kappa shape index (κ2) is 35.7. The van der Waals surface area contributed by atoms with Gasteiger partial charge in [-0.3, -0.25) is 28.2 Å². The number of carboxylic acids is 1. The van der Waals surface area contributed by atoms with E-state index in [0.717, 1.165) is 67.9 Å². The van der Waals surface area contributed by atoms with Gasteiger partial charge in [0, 0.05) is 75.3 Å². The van der Waals surface area contributed by atoms with E-state index in [1.807, 2.05) is 198 Å². The zero-order valence-electron chi connectivity index (χ0n) is 54.0. The number of aromatic carboxylic acids is 1. The third-order valence-corrected chi connectivity index (χ3v) is 15.7. The number of imidazole rings is 1. The lowest BCUT2D eigenvalue weighted by Crippen LogP contribution is -2.50. The number of halogens is 2. The molecule has 92 heavy (non-hydrogen) atoms. The summed E-state index contributed by atoms with van der Waals surface area (Å²) in [5, 5.41) is 20.4. The van der Waals surface area contributed by atoms with Gasteiger partial charge in [0.2, 0.25) is 5.79 Å². The maximum atomic E-state index is 12.8. The summed E-state index contributed by atoms with van der Waals surface area (Å²) in [4.78, 5) is 80.8. The molecule has 2 unspecified atom stereocenters. The molecule has 0 saturated carbocycles. The Bertz CT molecular complexity index is 4010. The molecule has 2 atom stereocenters. The van der Waals surface area contributed by atoms with Gasteiger partial charge >= 0.3 is 23.7 Å². The minimum atomic E-state index is -1.44. The van der Waals surface area contributed by atoms with Crippen LogP contribution < -0.4 is 26.4 Å². The highest BCUT2D eigenvalue weighted by Gasteiger charge is 2.48. The molecule has 4 heterocycles. The van der Waals surface area contributed by atoms with E-state index in [1.165, 1.54) is 37.0 Å². The van der Waals surface area contributed by atoms with Gasteiger partial charge in [-0.2, -0.15) is 0 Å². The normalized spacial score (nSPS) is 12.4. The van der Waals surface area contributed by atoms with Gasteiger partial charge in [-0.15, -0.1) is 24.8 Å². The molecule has 1 amide bonds. The summed E-state index contributed by atoms with van der Waals surface area (Å²) in [5.74, 6) is -3.02. The number of esters is 1. The number of rotatable bonds is 16. The molecule has 1 aliphatic heterocycles. The van der Waals surface area contributed by atoms with Crippen molar-refractivity contribution in [1.29, 1.82) is 0 Å². The van der Waals surface area contributed by atoms with E-state index < -0.39 is 23.1 Å². The Balaban J connectivity index is 0.000000251. The van der Waals surface area contributed by atoms with Gasteiger partial charge in [-0.25, -0.2) is 28.9 Å². The van der Waals surface area contributed by atoms with Crippen molar-refractivity contribution >= 4 is 77.1 Å². The number of aromatic nitrogens is 6. The number of anilines is 2. The average Bonchev–Trinajstić information content (AvgIpc) is 1.22. The molecule has 0 bridgehead atoms. The molecule has 2 N–H and O–H groups in total. The molecule has 0 saturated heterocycles. The van der Waals surface area contributed by atoms with Crippen molar-refractivity contribution in [1.82, 2.24) is 37.8 Å². The molecule has 490 valence electrons. The van der Waals surface area contributed by atoms with Crippen LogP contribution in [0.25, 0.3) is 16.9 Å². The summed E-state index contributed by atoms with van der Waals surface area (Å²) in [6.45, 7) is 15.4. The van der Waals surface area contributed by atoms with Crippen LogP contribution >= 0.6 is 36.6 Å². The van der Waals surface area contributed by atoms with Crippen molar-refractivity contribution in [3.8, 4) is 11.4 Å². The topological polar surface area (TPSA) is 218 Å². The summed E-state index contributed by atoms with van der Waals surface area (Å²) in [5.41, 5.74) is 4.97. The predicted molar refractivity (Wildman–Crippen MR) is 367 cm³/mol. The zero-order chi connectivity index (χ0) is 65.7. The largest absolute Gasteiger partial charge is 0.478 e. The molecular weight excluding hydrogens is 1230 g/mol. The highest BCUT2D eigenvalue weighted by Crippen LogP contribution is 2.48. The Hall–Kier alpha value is -8.80. The zero-order valence-corrected chi connectivity index (χ0v) is 56.4. The molecule has 0 fully saturated rings. The first-order valence-electron chi connectivity index (χ1n) is 29.2. The Morgan fingerprint density at radius 3 is 1.78 bits per heavy atom. The number of aryl methyl sites for hydroxylation is 3. The van der Waals surface area contributed by atoms with Crippen molar-refractivity contribution in [3.63, 3.8) is 0 Å². The van der Waals surface area contributed by atoms with Crippen LogP contribution in [0.4, 0.5) is 16.2 Å². The van der Waals surface area contributed by atoms with Crippen LogP contribution in [0, 0.1) is 12.3 Å². The highest BCUT2D eigenvalue weighted by molar-refractivity contribution is 7.99. The summed E-state index contributed by atoms with van der Waals surface area (Å²) in [6, 6.07) is 52.7. The molecule has 20 nitrogen and oxygen atoms in total. The van der Waals surface area contributed by atoms with Crippen LogP contribution in [0.5, 0.6) is 5.75 Å². The second-order valence-corrected chi connectivity index (χ2v) is 22.5. The summed E-state index contributed by atoms with van der Waals surface area (Å²) in [7, 11) is 10.7. The SMILES string of the molecule is C/C=C/C(C)(CN(C)C)C(O)(OCc1ccccc1)c1ccccc1.CC(=O)Oc1ccccc1C(=O)O.CCN(CC)CCOC(=O)N1c2ccccc2Sc2ccccc21.Cc1cc(=O)n(-c2ccccc2)n1C.Cl.Cl.Cn1c(=O)c2c(ncn2C)n(C)c1=O. The molecule has 6 aromatic carbocycles. The quantitative estimate of drug-likeness (QED) is 0.0398. The number of likely N-dealkylation sites (N-methyl/N-ethyl adjacent to an activating group) is 1. The first-order chi connectivity index (χ1) is 43.0. The summed E-state index contributed by atoms with van der Waals surface area (Å²) in [6.07, 6.45) is 5.21. The highest BCUT2D eigenvalue weighted by atomic mass is 35.5. The Labute approximate surface area is 553 Å². The molecule has 23 heteroatoms. The number of amides is 1. The molecule has 9 aromatic rings. The number of fused-ring (bicyclic) bond motifs is 3. The molecule has 0 spiro atoms. The summed E-state index contributed by atoms with van der Waals surface area (Å²) < 4.78 is 24.0. The number of allylic oxidation sites excluding steroid dienone is 1. The average molecular weight is 1320 g/mol. The van der Waals surface area contributed by atoms with E-state index in [4.69, 9.17) is 14.6 Å². The van der Waals surface area contributed by atoms with E-state index in [0.29, 0.717) is 30.9 Å². The number of carbonyl (C=O) groups is 3. The van der Waals surface area contributed by atoms with Gasteiger partial charge < -0.3 is 38.8 Å². The molecule has 1 aliphatic rings. The van der Waals surface area contributed by atoms with Gasteiger partial charge in [0.15, 0.2) is 11.2 Å². The number of para-hydroxylation sites is 4. The molecule has 0 aliphatic carbocycles. The first-order valence-corrected chi connectivity index (χ1v) is 30.0. The predicted octanol–water partition coefficient (Wildman–Crippen LogP) is 11.6. The number of carboxylic acid groups (broad SMARTS) is 1. The first kappa shape index (κ1) is 75.7. The van der Waals surface area contributed by atoms with Crippen LogP contribution in [0.3, 0.4) is 0 Å². The minimum absolute atomic E-state index is 0. The van der Waals surface area contributed by atoms with Crippen LogP contribution in [-0.2, 0) is 54.9 Å². The van der Waals surface area contributed by atoms with E-state index in [1.54, 1.807) is 58.2 Å². The fourth-order valence-electron chi connectivity index (χ4n) is 9.94. The van der Waals surface area contributed by atoms with Crippen molar-refractivity contribution < 1.29 is 38.8 Å². The monoisotopic (exact) mass is 1320 g/mol. The third kappa shape index (κ3) is 19.1. The van der Waals surface area contributed by atoms with E-state index >= 15 is 0 Å². The smallest absolute Gasteiger partial charge is 0.419 e. The Morgan fingerprint density at radius 2 is 1.26 bits per heavy atom. The number of carbonyl (C=O) groups excluding carboxylic acids is 2. The molecule has 10 rings (SSSR count). The Kier molecular flexibility index (Phi) is 29.4. The molecular formula is C69H83Cl2N9O11S. The minimum Gasteiger partial charge on any atom is -0.478 e. The molecule has 3 aromatic heterocycles.